The van der Waals surface area contributed by atoms with Gasteiger partial charge in [-0.25, -0.2) is 0 Å². The maximum Gasteiger partial charge on any atom is 0.169 e. The van der Waals surface area contributed by atoms with Crippen LogP contribution in [0.4, 0.5) is 0 Å². The summed E-state index contributed by atoms with van der Waals surface area (Å²) in [6, 6.07) is 5.53. The van der Waals surface area contributed by atoms with Crippen LogP contribution in [0.3, 0.4) is 0 Å². The van der Waals surface area contributed by atoms with E-state index in [4.69, 9.17) is 4.74 Å². The second-order valence-corrected chi connectivity index (χ2v) is 4.40. The standard InChI is InChI=1S/C11H11BrO2/c1-14-10-6-8(12)4-5-9(10)11(13)7-2-3-7/h4-7H,2-3H2,1H3. The lowest BCUT2D eigenvalue weighted by Gasteiger charge is -2.07. The fraction of sp³-hybridized carbons (Fsp3) is 0.364. The van der Waals surface area contributed by atoms with E-state index in [0.29, 0.717) is 11.3 Å². The van der Waals surface area contributed by atoms with Crippen molar-refractivity contribution in [1.82, 2.24) is 0 Å². The van der Waals surface area contributed by atoms with Crippen molar-refractivity contribution in [1.29, 1.82) is 0 Å². The van der Waals surface area contributed by atoms with Gasteiger partial charge in [0.2, 0.25) is 0 Å². The van der Waals surface area contributed by atoms with Gasteiger partial charge in [-0.3, -0.25) is 4.79 Å². The number of hydrogen-bond donors (Lipinski definition) is 0. The summed E-state index contributed by atoms with van der Waals surface area (Å²) in [5.74, 6) is 1.12. The first kappa shape index (κ1) is 9.71. The Hall–Kier alpha value is -0.830. The van der Waals surface area contributed by atoms with Gasteiger partial charge in [0.25, 0.3) is 0 Å². The van der Waals surface area contributed by atoms with Crippen molar-refractivity contribution in [3.63, 3.8) is 0 Å². The van der Waals surface area contributed by atoms with E-state index in [9.17, 15) is 4.79 Å². The van der Waals surface area contributed by atoms with Gasteiger partial charge in [0.05, 0.1) is 12.7 Å². The molecule has 1 fully saturated rings. The van der Waals surface area contributed by atoms with Gasteiger partial charge in [0, 0.05) is 10.4 Å². The molecule has 0 heterocycles. The fourth-order valence-corrected chi connectivity index (χ4v) is 1.77. The van der Waals surface area contributed by atoms with Crippen LogP contribution < -0.4 is 4.74 Å². The molecule has 2 nitrogen and oxygen atoms in total. The Bertz CT molecular complexity index is 370. The third-order valence-electron chi connectivity index (χ3n) is 2.38. The minimum atomic E-state index is 0.217. The molecule has 1 aromatic carbocycles. The molecule has 0 aromatic heterocycles. The molecule has 0 saturated heterocycles. The van der Waals surface area contributed by atoms with E-state index >= 15 is 0 Å². The van der Waals surface area contributed by atoms with E-state index in [-0.39, 0.29) is 11.7 Å². The molecule has 0 unspecified atom stereocenters. The maximum absolute atomic E-state index is 11.8. The van der Waals surface area contributed by atoms with Gasteiger partial charge in [-0.1, -0.05) is 15.9 Å². The summed E-state index contributed by atoms with van der Waals surface area (Å²) in [6.07, 6.45) is 2.05. The largest absolute Gasteiger partial charge is 0.496 e. The second-order valence-electron chi connectivity index (χ2n) is 3.48. The third-order valence-corrected chi connectivity index (χ3v) is 2.87. The van der Waals surface area contributed by atoms with E-state index in [1.807, 2.05) is 18.2 Å². The molecular formula is C11H11BrO2. The SMILES string of the molecule is COc1cc(Br)ccc1C(=O)C1CC1. The number of carbonyl (C=O) groups is 1. The molecule has 0 N–H and O–H groups in total. The Balaban J connectivity index is 2.35. The number of ether oxygens (including phenoxy) is 1. The molecule has 14 heavy (non-hydrogen) atoms. The first-order chi connectivity index (χ1) is 6.72. The van der Waals surface area contributed by atoms with Crippen LogP contribution in [0.5, 0.6) is 5.75 Å². The van der Waals surface area contributed by atoms with E-state index in [1.54, 1.807) is 7.11 Å². The molecule has 1 aliphatic rings. The molecule has 1 aromatic rings. The van der Waals surface area contributed by atoms with E-state index in [2.05, 4.69) is 15.9 Å². The Labute approximate surface area is 91.4 Å². The lowest BCUT2D eigenvalue weighted by Crippen LogP contribution is -2.03. The zero-order chi connectivity index (χ0) is 10.1. The number of carbonyl (C=O) groups excluding carboxylic acids is 1. The highest BCUT2D eigenvalue weighted by Crippen LogP contribution is 2.35. The summed E-state index contributed by atoms with van der Waals surface area (Å²) in [5.41, 5.74) is 0.707. The first-order valence-corrected chi connectivity index (χ1v) is 5.39. The van der Waals surface area contributed by atoms with Crippen molar-refractivity contribution in [2.75, 3.05) is 7.11 Å². The van der Waals surface area contributed by atoms with Crippen LogP contribution in [0.1, 0.15) is 23.2 Å². The predicted molar refractivity (Wildman–Crippen MR) is 57.7 cm³/mol. The number of rotatable bonds is 3. The van der Waals surface area contributed by atoms with Gasteiger partial charge in [-0.05, 0) is 31.0 Å². The number of methoxy groups -OCH3 is 1. The maximum atomic E-state index is 11.8. The number of Topliss-reactive ketones (excluding diaryl/α,β-unsaturated/α-hetero) is 1. The molecule has 3 heteroatoms. The number of halogens is 1. The van der Waals surface area contributed by atoms with Gasteiger partial charge < -0.3 is 4.74 Å². The molecule has 0 radical (unpaired) electrons. The summed E-state index contributed by atoms with van der Waals surface area (Å²) in [4.78, 5) is 11.8. The van der Waals surface area contributed by atoms with Crippen molar-refractivity contribution in [3.8, 4) is 5.75 Å². The Morgan fingerprint density at radius 1 is 1.50 bits per heavy atom. The molecular weight excluding hydrogens is 244 g/mol. The van der Waals surface area contributed by atoms with Crippen LogP contribution in [-0.4, -0.2) is 12.9 Å². The van der Waals surface area contributed by atoms with Gasteiger partial charge in [-0.15, -0.1) is 0 Å². The highest BCUT2D eigenvalue weighted by atomic mass is 79.9. The van der Waals surface area contributed by atoms with Crippen molar-refractivity contribution in [3.05, 3.63) is 28.2 Å². The Kier molecular flexibility index (Phi) is 2.59. The van der Waals surface area contributed by atoms with Crippen LogP contribution in [0.2, 0.25) is 0 Å². The Morgan fingerprint density at radius 2 is 2.21 bits per heavy atom. The normalized spacial score (nSPS) is 15.3. The summed E-state index contributed by atoms with van der Waals surface area (Å²) < 4.78 is 6.11. The van der Waals surface area contributed by atoms with Crippen LogP contribution in [0.15, 0.2) is 22.7 Å². The topological polar surface area (TPSA) is 26.3 Å². The number of benzene rings is 1. The fourth-order valence-electron chi connectivity index (χ4n) is 1.43. The van der Waals surface area contributed by atoms with Crippen LogP contribution >= 0.6 is 15.9 Å². The predicted octanol–water partition coefficient (Wildman–Crippen LogP) is 3.05. The lowest BCUT2D eigenvalue weighted by atomic mass is 10.1. The van der Waals surface area contributed by atoms with E-state index in [0.717, 1.165) is 17.3 Å². The molecule has 0 aliphatic heterocycles. The van der Waals surface area contributed by atoms with Gasteiger partial charge in [0.1, 0.15) is 5.75 Å². The van der Waals surface area contributed by atoms with Gasteiger partial charge in [0.15, 0.2) is 5.78 Å². The molecule has 0 spiro atoms. The second kappa shape index (κ2) is 3.73. The summed E-state index contributed by atoms with van der Waals surface area (Å²) in [7, 11) is 1.59. The van der Waals surface area contributed by atoms with Crippen LogP contribution in [-0.2, 0) is 0 Å². The summed E-state index contributed by atoms with van der Waals surface area (Å²) >= 11 is 3.35. The number of hydrogen-bond acceptors (Lipinski definition) is 2. The molecule has 1 saturated carbocycles. The quantitative estimate of drug-likeness (QED) is 0.776. The zero-order valence-corrected chi connectivity index (χ0v) is 9.50. The molecule has 1 aliphatic carbocycles. The first-order valence-electron chi connectivity index (χ1n) is 4.60. The average molecular weight is 255 g/mol. The third kappa shape index (κ3) is 1.82. The smallest absolute Gasteiger partial charge is 0.169 e. The van der Waals surface area contributed by atoms with E-state index in [1.165, 1.54) is 0 Å². The van der Waals surface area contributed by atoms with Crippen molar-refractivity contribution < 1.29 is 9.53 Å². The van der Waals surface area contributed by atoms with Gasteiger partial charge in [-0.2, -0.15) is 0 Å². The molecule has 0 bridgehead atoms. The van der Waals surface area contributed by atoms with Crippen molar-refractivity contribution >= 4 is 21.7 Å². The molecule has 74 valence electrons. The van der Waals surface area contributed by atoms with E-state index < -0.39 is 0 Å². The summed E-state index contributed by atoms with van der Waals surface area (Å²) in [5, 5.41) is 0. The van der Waals surface area contributed by atoms with Crippen LogP contribution in [0, 0.1) is 5.92 Å². The van der Waals surface area contributed by atoms with Crippen molar-refractivity contribution in [2.45, 2.75) is 12.8 Å². The minimum absolute atomic E-state index is 0.217. The average Bonchev–Trinajstić information content (AvgIpc) is 3.00. The highest BCUT2D eigenvalue weighted by Gasteiger charge is 2.31. The number of ketones is 1. The zero-order valence-electron chi connectivity index (χ0n) is 7.92. The Morgan fingerprint density at radius 3 is 2.79 bits per heavy atom. The highest BCUT2D eigenvalue weighted by molar-refractivity contribution is 9.10. The van der Waals surface area contributed by atoms with Gasteiger partial charge >= 0.3 is 0 Å². The van der Waals surface area contributed by atoms with Crippen molar-refractivity contribution in [2.24, 2.45) is 5.92 Å². The minimum Gasteiger partial charge on any atom is -0.496 e. The molecule has 0 amide bonds. The molecule has 0 atom stereocenters. The monoisotopic (exact) mass is 254 g/mol. The lowest BCUT2D eigenvalue weighted by molar-refractivity contribution is 0.0964. The molecule has 2 rings (SSSR count). The van der Waals surface area contributed by atoms with Crippen LogP contribution in [0.25, 0.3) is 0 Å². The summed E-state index contributed by atoms with van der Waals surface area (Å²) in [6.45, 7) is 0.